The monoisotopic (exact) mass is 502 g/mol. The molecule has 8 heteroatoms. The number of halogens is 1. The summed E-state index contributed by atoms with van der Waals surface area (Å²) >= 11 is 0. The number of hydrogen-bond acceptors (Lipinski definition) is 4. The molecule has 1 fully saturated rings. The number of rotatable bonds is 8. The number of aromatic nitrogens is 1. The molecule has 0 amide bonds. The summed E-state index contributed by atoms with van der Waals surface area (Å²) in [5.74, 6) is 2.45. The van der Waals surface area contributed by atoms with E-state index in [9.17, 15) is 0 Å². The molecule has 1 aromatic carbocycles. The molecule has 0 radical (unpaired) electrons. The molecule has 0 unspecified atom stereocenters. The Bertz CT molecular complexity index is 802. The molecule has 2 aromatic rings. The van der Waals surface area contributed by atoms with Gasteiger partial charge in [-0.1, -0.05) is 6.92 Å². The number of fused-ring (bicyclic) bond motifs is 1. The lowest BCUT2D eigenvalue weighted by Crippen LogP contribution is -2.51. The predicted molar refractivity (Wildman–Crippen MR) is 123 cm³/mol. The highest BCUT2D eigenvalue weighted by Crippen LogP contribution is 2.31. The van der Waals surface area contributed by atoms with Crippen LogP contribution in [-0.2, 0) is 11.2 Å². The average Bonchev–Trinajstić information content (AvgIpc) is 3.07. The standard InChI is InChI=1S/C20H30N4O3.HI/c1-20(12-27-13-20)11-23-19(21-2)22-7-5-6-14-8-16-17(24-14)9-15(25-3)10-18(16)26-4;/h8-10,24H,5-7,11-13H2,1-4H3,(H2,21,22,23);1H. The number of hydrogen-bond donors (Lipinski definition) is 3. The molecule has 2 heterocycles. The van der Waals surface area contributed by atoms with Crippen molar-refractivity contribution in [3.05, 3.63) is 23.9 Å². The molecule has 3 N–H and O–H groups in total. The minimum absolute atomic E-state index is 0. The zero-order valence-corrected chi connectivity index (χ0v) is 19.4. The molecule has 1 aliphatic heterocycles. The highest BCUT2D eigenvalue weighted by molar-refractivity contribution is 14.0. The number of nitrogens with zero attached hydrogens (tertiary/aromatic N) is 1. The number of aromatic amines is 1. The van der Waals surface area contributed by atoms with E-state index in [-0.39, 0.29) is 29.4 Å². The summed E-state index contributed by atoms with van der Waals surface area (Å²) in [6.07, 6.45) is 1.93. The van der Waals surface area contributed by atoms with Crippen molar-refractivity contribution < 1.29 is 14.2 Å². The van der Waals surface area contributed by atoms with Gasteiger partial charge in [0.15, 0.2) is 5.96 Å². The lowest BCUT2D eigenvalue weighted by atomic mass is 9.89. The van der Waals surface area contributed by atoms with Gasteiger partial charge >= 0.3 is 0 Å². The van der Waals surface area contributed by atoms with Gasteiger partial charge in [0.1, 0.15) is 11.5 Å². The zero-order chi connectivity index (χ0) is 19.3. The van der Waals surface area contributed by atoms with Crippen LogP contribution < -0.4 is 20.1 Å². The van der Waals surface area contributed by atoms with Crippen LogP contribution in [0.4, 0.5) is 0 Å². The van der Waals surface area contributed by atoms with E-state index in [1.165, 1.54) is 5.69 Å². The number of benzene rings is 1. The third kappa shape index (κ3) is 5.44. The highest BCUT2D eigenvalue weighted by Gasteiger charge is 2.33. The van der Waals surface area contributed by atoms with E-state index < -0.39 is 0 Å². The number of aryl methyl sites for hydroxylation is 1. The lowest BCUT2D eigenvalue weighted by Gasteiger charge is -2.38. The van der Waals surface area contributed by atoms with E-state index in [1.54, 1.807) is 21.3 Å². The van der Waals surface area contributed by atoms with Gasteiger partial charge in [0, 0.05) is 48.8 Å². The fraction of sp³-hybridized carbons (Fsp3) is 0.550. The maximum absolute atomic E-state index is 5.48. The first kappa shape index (κ1) is 22.6. The first-order valence-corrected chi connectivity index (χ1v) is 9.33. The quantitative estimate of drug-likeness (QED) is 0.224. The van der Waals surface area contributed by atoms with Crippen molar-refractivity contribution in [1.29, 1.82) is 0 Å². The second kappa shape index (κ2) is 10.2. The van der Waals surface area contributed by atoms with Crippen molar-refractivity contribution >= 4 is 40.8 Å². The van der Waals surface area contributed by atoms with Gasteiger partial charge in [-0.15, -0.1) is 24.0 Å². The summed E-state index contributed by atoms with van der Waals surface area (Å²) in [6, 6.07) is 6.05. The Balaban J connectivity index is 0.00000280. The summed E-state index contributed by atoms with van der Waals surface area (Å²) in [5, 5.41) is 7.83. The first-order valence-electron chi connectivity index (χ1n) is 9.33. The predicted octanol–water partition coefficient (Wildman–Crippen LogP) is 2.94. The van der Waals surface area contributed by atoms with Crippen LogP contribution in [0.3, 0.4) is 0 Å². The number of H-pyrrole nitrogens is 1. The van der Waals surface area contributed by atoms with Gasteiger partial charge in [0.2, 0.25) is 0 Å². The lowest BCUT2D eigenvalue weighted by molar-refractivity contribution is -0.0971. The SMILES string of the molecule is CN=C(NCCCc1cc2c(OC)cc(OC)cc2[nH]1)NCC1(C)COC1.I. The topological polar surface area (TPSA) is 79.9 Å². The molecule has 1 saturated heterocycles. The van der Waals surface area contributed by atoms with Crippen molar-refractivity contribution in [2.45, 2.75) is 19.8 Å². The largest absolute Gasteiger partial charge is 0.497 e. The van der Waals surface area contributed by atoms with E-state index >= 15 is 0 Å². The van der Waals surface area contributed by atoms with Crippen LogP contribution in [0.25, 0.3) is 10.9 Å². The maximum Gasteiger partial charge on any atom is 0.190 e. The van der Waals surface area contributed by atoms with Crippen molar-refractivity contribution in [1.82, 2.24) is 15.6 Å². The van der Waals surface area contributed by atoms with E-state index in [4.69, 9.17) is 14.2 Å². The van der Waals surface area contributed by atoms with Gasteiger partial charge in [-0.3, -0.25) is 4.99 Å². The molecule has 156 valence electrons. The van der Waals surface area contributed by atoms with Crippen molar-refractivity contribution in [2.75, 3.05) is 47.6 Å². The van der Waals surface area contributed by atoms with Crippen LogP contribution in [-0.4, -0.2) is 58.5 Å². The Morgan fingerprint density at radius 3 is 2.61 bits per heavy atom. The van der Waals surface area contributed by atoms with Gasteiger partial charge in [-0.05, 0) is 18.9 Å². The molecule has 7 nitrogen and oxygen atoms in total. The smallest absolute Gasteiger partial charge is 0.190 e. The van der Waals surface area contributed by atoms with E-state index in [0.29, 0.717) is 0 Å². The maximum atomic E-state index is 5.48. The molecule has 0 bridgehead atoms. The Morgan fingerprint density at radius 2 is 2.00 bits per heavy atom. The van der Waals surface area contributed by atoms with Crippen molar-refractivity contribution in [3.8, 4) is 11.5 Å². The molecule has 0 saturated carbocycles. The molecule has 0 aliphatic carbocycles. The summed E-state index contributed by atoms with van der Waals surface area (Å²) in [4.78, 5) is 7.75. The van der Waals surface area contributed by atoms with E-state index in [2.05, 4.69) is 33.6 Å². The summed E-state index contributed by atoms with van der Waals surface area (Å²) in [5.41, 5.74) is 2.44. The molecule has 0 atom stereocenters. The number of nitrogens with one attached hydrogen (secondary N) is 3. The molecule has 28 heavy (non-hydrogen) atoms. The second-order valence-electron chi connectivity index (χ2n) is 7.35. The second-order valence-corrected chi connectivity index (χ2v) is 7.35. The third-order valence-corrected chi connectivity index (χ3v) is 4.91. The molecular formula is C20H31IN4O3. The fourth-order valence-corrected chi connectivity index (χ4v) is 3.21. The first-order chi connectivity index (χ1) is 13.1. The van der Waals surface area contributed by atoms with Crippen LogP contribution in [0.2, 0.25) is 0 Å². The summed E-state index contributed by atoms with van der Waals surface area (Å²) in [7, 11) is 5.14. The summed E-state index contributed by atoms with van der Waals surface area (Å²) in [6.45, 7) is 5.56. The Kier molecular flexibility index (Phi) is 8.23. The van der Waals surface area contributed by atoms with Crippen LogP contribution in [0.15, 0.2) is 23.2 Å². The van der Waals surface area contributed by atoms with Gasteiger partial charge in [-0.2, -0.15) is 0 Å². The molecule has 3 rings (SSSR count). The molecular weight excluding hydrogens is 471 g/mol. The van der Waals surface area contributed by atoms with Crippen LogP contribution in [0.5, 0.6) is 11.5 Å². The van der Waals surface area contributed by atoms with Gasteiger partial charge in [-0.25, -0.2) is 0 Å². The average molecular weight is 502 g/mol. The Morgan fingerprint density at radius 1 is 1.21 bits per heavy atom. The van der Waals surface area contributed by atoms with E-state index in [1.807, 2.05) is 12.1 Å². The normalized spacial score (nSPS) is 15.5. The zero-order valence-electron chi connectivity index (χ0n) is 17.1. The molecule has 1 aromatic heterocycles. The van der Waals surface area contributed by atoms with Crippen LogP contribution in [0.1, 0.15) is 19.0 Å². The fourth-order valence-electron chi connectivity index (χ4n) is 3.21. The molecule has 0 spiro atoms. The summed E-state index contributed by atoms with van der Waals surface area (Å²) < 4.78 is 16.1. The number of ether oxygens (including phenoxy) is 3. The van der Waals surface area contributed by atoms with Gasteiger partial charge in [0.05, 0.1) is 33.0 Å². The highest BCUT2D eigenvalue weighted by atomic mass is 127. The number of methoxy groups -OCH3 is 2. The van der Waals surface area contributed by atoms with Crippen LogP contribution in [0, 0.1) is 5.41 Å². The van der Waals surface area contributed by atoms with Crippen molar-refractivity contribution in [2.24, 2.45) is 10.4 Å². The van der Waals surface area contributed by atoms with Gasteiger partial charge in [0.25, 0.3) is 0 Å². The minimum Gasteiger partial charge on any atom is -0.497 e. The number of guanidine groups is 1. The third-order valence-electron chi connectivity index (χ3n) is 4.91. The van der Waals surface area contributed by atoms with Crippen LogP contribution >= 0.6 is 24.0 Å². The van der Waals surface area contributed by atoms with Crippen molar-refractivity contribution in [3.63, 3.8) is 0 Å². The Hall–Kier alpha value is -1.68. The van der Waals surface area contributed by atoms with E-state index in [0.717, 1.165) is 67.5 Å². The Labute approximate surface area is 183 Å². The minimum atomic E-state index is 0. The number of aliphatic imine (C=N–C) groups is 1. The molecule has 1 aliphatic rings. The van der Waals surface area contributed by atoms with Gasteiger partial charge < -0.3 is 29.8 Å².